The van der Waals surface area contributed by atoms with E-state index < -0.39 is 11.7 Å². The second-order valence-electron chi connectivity index (χ2n) is 9.76. The predicted molar refractivity (Wildman–Crippen MR) is 146 cm³/mol. The first-order chi connectivity index (χ1) is 19.1. The van der Waals surface area contributed by atoms with Gasteiger partial charge in [0.25, 0.3) is 5.91 Å². The lowest BCUT2D eigenvalue weighted by Crippen LogP contribution is -2.36. The molecular formula is C28H30FN7O3. The number of nitrogens with one attached hydrogen (secondary N) is 1. The van der Waals surface area contributed by atoms with Gasteiger partial charge in [-0.3, -0.25) is 4.79 Å². The number of nitrogens with two attached hydrogens (primary N) is 1. The largest absolute Gasteiger partial charge is 0.496 e. The Balaban J connectivity index is 1.38. The normalized spacial score (nSPS) is 19.1. The molecule has 202 valence electrons. The summed E-state index contributed by atoms with van der Waals surface area (Å²) in [5.41, 5.74) is 9.58. The van der Waals surface area contributed by atoms with Gasteiger partial charge in [-0.15, -0.1) is 0 Å². The molecule has 2 aliphatic heterocycles. The van der Waals surface area contributed by atoms with Crippen molar-refractivity contribution in [3.05, 3.63) is 60.4 Å². The maximum atomic E-state index is 14.7. The quantitative estimate of drug-likeness (QED) is 0.370. The minimum Gasteiger partial charge on any atom is -0.496 e. The van der Waals surface area contributed by atoms with Crippen LogP contribution >= 0.6 is 0 Å². The number of hydrogen-bond acceptors (Lipinski definition) is 8. The summed E-state index contributed by atoms with van der Waals surface area (Å²) >= 11 is 0. The van der Waals surface area contributed by atoms with Gasteiger partial charge in [0.15, 0.2) is 5.82 Å². The molecule has 2 saturated heterocycles. The predicted octanol–water partition coefficient (Wildman–Crippen LogP) is 3.78. The van der Waals surface area contributed by atoms with E-state index in [1.54, 1.807) is 12.1 Å². The van der Waals surface area contributed by atoms with Crippen molar-refractivity contribution >= 4 is 28.3 Å². The zero-order valence-corrected chi connectivity index (χ0v) is 21.6. The summed E-state index contributed by atoms with van der Waals surface area (Å²) in [7, 11) is 1.44. The van der Waals surface area contributed by atoms with E-state index in [1.165, 1.54) is 25.4 Å². The first kappa shape index (κ1) is 25.2. The zero-order chi connectivity index (χ0) is 26.9. The standard InChI is InChI=1S/C28H30FN7O3/c1-38-23-6-2-5-19(29)24(23)27-31-11-9-21(33-27)28(37)34-20-7-8-22-25(26(20)35-12-3-4-17(35)14-30)32-16-36(22)18-10-13-39-15-18/h2,5-9,11,16-18H,3-4,10,12-15,30H2,1H3,(H,34,37). The van der Waals surface area contributed by atoms with Crippen LogP contribution in [0.15, 0.2) is 48.9 Å². The molecule has 2 aromatic heterocycles. The van der Waals surface area contributed by atoms with Gasteiger partial charge in [0.1, 0.15) is 22.8 Å². The zero-order valence-electron chi connectivity index (χ0n) is 21.6. The number of anilines is 2. The fourth-order valence-electron chi connectivity index (χ4n) is 5.57. The second-order valence-corrected chi connectivity index (χ2v) is 9.76. The Bertz CT molecular complexity index is 1520. The first-order valence-corrected chi connectivity index (χ1v) is 13.1. The highest BCUT2D eigenvalue weighted by molar-refractivity contribution is 6.08. The van der Waals surface area contributed by atoms with E-state index in [0.29, 0.717) is 18.8 Å². The molecule has 2 aliphatic rings. The van der Waals surface area contributed by atoms with Crippen LogP contribution in [0, 0.1) is 5.82 Å². The minimum atomic E-state index is -0.537. The van der Waals surface area contributed by atoms with Gasteiger partial charge in [0, 0.05) is 31.9 Å². The Labute approximate surface area is 225 Å². The van der Waals surface area contributed by atoms with E-state index >= 15 is 0 Å². The summed E-state index contributed by atoms with van der Waals surface area (Å²) in [6, 6.07) is 10.2. The van der Waals surface area contributed by atoms with Crippen LogP contribution in [-0.4, -0.2) is 64.9 Å². The van der Waals surface area contributed by atoms with Gasteiger partial charge in [-0.1, -0.05) is 6.07 Å². The smallest absolute Gasteiger partial charge is 0.274 e. The molecule has 6 rings (SSSR count). The molecule has 11 heteroatoms. The highest BCUT2D eigenvalue weighted by Crippen LogP contribution is 2.39. The number of rotatable bonds is 7. The SMILES string of the molecule is COc1cccc(F)c1-c1nccc(C(=O)Nc2ccc3c(ncn3C3CCOC3)c2N2CCCC2CN)n1. The summed E-state index contributed by atoms with van der Waals surface area (Å²) in [6.07, 6.45) is 6.19. The fourth-order valence-corrected chi connectivity index (χ4v) is 5.57. The molecule has 0 bridgehead atoms. The van der Waals surface area contributed by atoms with E-state index in [-0.39, 0.29) is 34.9 Å². The topological polar surface area (TPSA) is 120 Å². The molecule has 2 fully saturated rings. The molecule has 0 saturated carbocycles. The lowest BCUT2D eigenvalue weighted by atomic mass is 10.1. The molecule has 1 amide bonds. The van der Waals surface area contributed by atoms with Gasteiger partial charge in [0.2, 0.25) is 0 Å². The average Bonchev–Trinajstić information content (AvgIpc) is 3.73. The van der Waals surface area contributed by atoms with Crippen LogP contribution in [0.5, 0.6) is 5.75 Å². The third-order valence-corrected chi connectivity index (χ3v) is 7.51. The van der Waals surface area contributed by atoms with Crippen molar-refractivity contribution in [2.45, 2.75) is 31.3 Å². The van der Waals surface area contributed by atoms with Crippen molar-refractivity contribution in [1.82, 2.24) is 19.5 Å². The van der Waals surface area contributed by atoms with Crippen LogP contribution in [0.3, 0.4) is 0 Å². The maximum absolute atomic E-state index is 14.7. The fraction of sp³-hybridized carbons (Fsp3) is 0.357. The van der Waals surface area contributed by atoms with Crippen molar-refractivity contribution in [2.24, 2.45) is 5.73 Å². The maximum Gasteiger partial charge on any atom is 0.274 e. The number of hydrogen-bond donors (Lipinski definition) is 2. The van der Waals surface area contributed by atoms with Crippen molar-refractivity contribution in [3.63, 3.8) is 0 Å². The van der Waals surface area contributed by atoms with Gasteiger partial charge in [-0.25, -0.2) is 19.3 Å². The third kappa shape index (κ3) is 4.57. The van der Waals surface area contributed by atoms with Crippen LogP contribution in [0.4, 0.5) is 15.8 Å². The van der Waals surface area contributed by atoms with Crippen molar-refractivity contribution < 1.29 is 18.7 Å². The van der Waals surface area contributed by atoms with E-state index in [2.05, 4.69) is 24.8 Å². The molecule has 0 radical (unpaired) electrons. The number of aromatic nitrogens is 4. The summed E-state index contributed by atoms with van der Waals surface area (Å²) < 4.78 is 27.7. The highest BCUT2D eigenvalue weighted by Gasteiger charge is 2.30. The van der Waals surface area contributed by atoms with Crippen LogP contribution in [-0.2, 0) is 4.74 Å². The Morgan fingerprint density at radius 3 is 2.92 bits per heavy atom. The van der Waals surface area contributed by atoms with Gasteiger partial charge in [0.05, 0.1) is 48.5 Å². The lowest BCUT2D eigenvalue weighted by Gasteiger charge is -2.28. The van der Waals surface area contributed by atoms with Gasteiger partial charge in [-0.05, 0) is 49.6 Å². The molecule has 2 atom stereocenters. The van der Waals surface area contributed by atoms with Crippen molar-refractivity contribution in [2.75, 3.05) is 43.6 Å². The number of carbonyl (C=O) groups is 1. The Hall–Kier alpha value is -4.09. The molecular weight excluding hydrogens is 501 g/mol. The summed E-state index contributed by atoms with van der Waals surface area (Å²) in [5.74, 6) is -0.634. The summed E-state index contributed by atoms with van der Waals surface area (Å²) in [5, 5.41) is 3.03. The number of methoxy groups -OCH3 is 1. The number of nitrogens with zero attached hydrogens (tertiary/aromatic N) is 5. The van der Waals surface area contributed by atoms with Crippen molar-refractivity contribution in [3.8, 4) is 17.1 Å². The molecule has 2 unspecified atom stereocenters. The monoisotopic (exact) mass is 531 g/mol. The number of ether oxygens (including phenoxy) is 2. The highest BCUT2D eigenvalue weighted by atomic mass is 19.1. The number of halogens is 1. The lowest BCUT2D eigenvalue weighted by molar-refractivity contribution is 0.102. The van der Waals surface area contributed by atoms with E-state index in [0.717, 1.165) is 49.1 Å². The van der Waals surface area contributed by atoms with Crippen LogP contribution < -0.4 is 20.7 Å². The molecule has 4 heterocycles. The number of benzene rings is 2. The van der Waals surface area contributed by atoms with E-state index in [9.17, 15) is 9.18 Å². The third-order valence-electron chi connectivity index (χ3n) is 7.51. The molecule has 0 spiro atoms. The summed E-state index contributed by atoms with van der Waals surface area (Å²) in [6.45, 7) is 2.69. The molecule has 4 aromatic rings. The molecule has 2 aromatic carbocycles. The molecule has 3 N–H and O–H groups in total. The Morgan fingerprint density at radius 1 is 1.23 bits per heavy atom. The van der Waals surface area contributed by atoms with Gasteiger partial charge in [-0.2, -0.15) is 0 Å². The molecule has 0 aliphatic carbocycles. The average molecular weight is 532 g/mol. The molecule has 10 nitrogen and oxygen atoms in total. The van der Waals surface area contributed by atoms with Gasteiger partial charge < -0.3 is 30.0 Å². The number of imidazole rings is 1. The minimum absolute atomic E-state index is 0.0635. The van der Waals surface area contributed by atoms with E-state index in [4.69, 9.17) is 20.2 Å². The second kappa shape index (κ2) is 10.6. The van der Waals surface area contributed by atoms with Crippen molar-refractivity contribution in [1.29, 1.82) is 0 Å². The van der Waals surface area contributed by atoms with Crippen LogP contribution in [0.2, 0.25) is 0 Å². The van der Waals surface area contributed by atoms with Gasteiger partial charge >= 0.3 is 0 Å². The Kier molecular flexibility index (Phi) is 6.84. The van der Waals surface area contributed by atoms with E-state index in [1.807, 2.05) is 18.5 Å². The summed E-state index contributed by atoms with van der Waals surface area (Å²) in [4.78, 5) is 29.1. The number of carbonyl (C=O) groups excluding carboxylic acids is 1. The molecule has 39 heavy (non-hydrogen) atoms. The number of fused-ring (bicyclic) bond motifs is 1. The number of amides is 1. The van der Waals surface area contributed by atoms with Crippen LogP contribution in [0.25, 0.3) is 22.4 Å². The first-order valence-electron chi connectivity index (χ1n) is 13.1. The Morgan fingerprint density at radius 2 is 2.13 bits per heavy atom. The van der Waals surface area contributed by atoms with Crippen LogP contribution in [0.1, 0.15) is 35.8 Å².